The molecule has 2 aliphatic heterocycles. The number of piperidine rings is 1. The number of carbonyl (C=O) groups excluding carboxylic acids is 1. The molecular weight excluding hydrogens is 480 g/mol. The van der Waals surface area contributed by atoms with E-state index < -0.39 is 0 Å². The highest BCUT2D eigenvalue weighted by Gasteiger charge is 2.28. The van der Waals surface area contributed by atoms with Crippen molar-refractivity contribution in [1.29, 1.82) is 0 Å². The number of hydrogen-bond donors (Lipinski definition) is 1. The van der Waals surface area contributed by atoms with E-state index >= 15 is 0 Å². The number of likely N-dealkylation sites (tertiary alicyclic amines) is 1. The van der Waals surface area contributed by atoms with Crippen molar-refractivity contribution >= 4 is 35.9 Å². The first-order valence-corrected chi connectivity index (χ1v) is 9.26. The summed E-state index contributed by atoms with van der Waals surface area (Å²) in [7, 11) is 1.70. The number of benzene rings is 1. The highest BCUT2D eigenvalue weighted by Crippen LogP contribution is 2.29. The predicted molar refractivity (Wildman–Crippen MR) is 113 cm³/mol. The second-order valence-corrected chi connectivity index (χ2v) is 6.60. The summed E-state index contributed by atoms with van der Waals surface area (Å²) in [5.74, 6) is 0.697. The topological polar surface area (TPSA) is 72.4 Å². The van der Waals surface area contributed by atoms with Crippen LogP contribution in [0.2, 0.25) is 0 Å². The van der Waals surface area contributed by atoms with Crippen LogP contribution in [0.15, 0.2) is 17.1 Å². The molecule has 0 amide bonds. The number of fused-ring (bicyclic) bond motifs is 1. The maximum atomic E-state index is 13.9. The van der Waals surface area contributed by atoms with E-state index in [2.05, 4.69) is 10.3 Å². The quantitative estimate of drug-likeness (QED) is 0.293. The van der Waals surface area contributed by atoms with Crippen LogP contribution in [0, 0.1) is 11.7 Å². The Labute approximate surface area is 181 Å². The lowest BCUT2D eigenvalue weighted by molar-refractivity contribution is -0.149. The molecule has 9 heteroatoms. The molecule has 1 N–H and O–H groups in total. The Bertz CT molecular complexity index is 717. The van der Waals surface area contributed by atoms with Crippen molar-refractivity contribution in [3.05, 3.63) is 29.1 Å². The van der Waals surface area contributed by atoms with Crippen LogP contribution in [0.5, 0.6) is 5.75 Å². The summed E-state index contributed by atoms with van der Waals surface area (Å²) < 4.78 is 29.8. The minimum atomic E-state index is -0.324. The summed E-state index contributed by atoms with van der Waals surface area (Å²) in [5, 5.41) is 3.26. The fourth-order valence-corrected chi connectivity index (χ4v) is 3.52. The fraction of sp³-hybridized carbons (Fsp3) is 0.579. The molecule has 1 atom stereocenters. The molecular formula is C19H27FIN3O4. The van der Waals surface area contributed by atoms with E-state index in [1.165, 1.54) is 12.1 Å². The Morgan fingerprint density at radius 1 is 1.46 bits per heavy atom. The first-order chi connectivity index (χ1) is 13.1. The maximum Gasteiger partial charge on any atom is 0.310 e. The number of aliphatic imine (C=N–C) groups is 1. The van der Waals surface area contributed by atoms with Crippen LogP contribution in [-0.2, 0) is 27.4 Å². The zero-order valence-corrected chi connectivity index (χ0v) is 18.5. The van der Waals surface area contributed by atoms with E-state index in [0.29, 0.717) is 49.1 Å². The Hall–Kier alpha value is -1.62. The largest absolute Gasteiger partial charge is 0.467 e. The van der Waals surface area contributed by atoms with Crippen LogP contribution >= 0.6 is 24.0 Å². The number of nitrogens with one attached hydrogen (secondary N) is 1. The minimum Gasteiger partial charge on any atom is -0.467 e. The van der Waals surface area contributed by atoms with Crippen LogP contribution in [-0.4, -0.2) is 50.4 Å². The van der Waals surface area contributed by atoms with E-state index in [1.54, 1.807) is 7.05 Å². The third kappa shape index (κ3) is 5.47. The summed E-state index contributed by atoms with van der Waals surface area (Å²) in [6.45, 7) is 4.43. The van der Waals surface area contributed by atoms with E-state index in [4.69, 9.17) is 14.2 Å². The second-order valence-electron chi connectivity index (χ2n) is 6.60. The molecule has 1 fully saturated rings. The molecule has 0 spiro atoms. The molecule has 28 heavy (non-hydrogen) atoms. The average Bonchev–Trinajstić information content (AvgIpc) is 2.68. The molecule has 2 heterocycles. The van der Waals surface area contributed by atoms with Crippen molar-refractivity contribution in [3.8, 4) is 5.75 Å². The van der Waals surface area contributed by atoms with Gasteiger partial charge in [-0.15, -0.1) is 24.0 Å². The van der Waals surface area contributed by atoms with Gasteiger partial charge in [0, 0.05) is 37.8 Å². The van der Waals surface area contributed by atoms with Crippen molar-refractivity contribution < 1.29 is 23.4 Å². The molecule has 3 rings (SSSR count). The smallest absolute Gasteiger partial charge is 0.310 e. The van der Waals surface area contributed by atoms with Gasteiger partial charge in [0.2, 0.25) is 0 Å². The van der Waals surface area contributed by atoms with Crippen molar-refractivity contribution in [2.75, 3.05) is 33.5 Å². The van der Waals surface area contributed by atoms with Gasteiger partial charge in [-0.3, -0.25) is 9.79 Å². The van der Waals surface area contributed by atoms with Gasteiger partial charge >= 0.3 is 5.97 Å². The Balaban J connectivity index is 0.00000280. The molecule has 0 aliphatic carbocycles. The van der Waals surface area contributed by atoms with Gasteiger partial charge in [-0.2, -0.15) is 0 Å². The van der Waals surface area contributed by atoms with Gasteiger partial charge in [-0.25, -0.2) is 4.39 Å². The minimum absolute atomic E-state index is 0. The summed E-state index contributed by atoms with van der Waals surface area (Å²) >= 11 is 0. The first-order valence-electron chi connectivity index (χ1n) is 9.26. The molecule has 0 saturated carbocycles. The molecule has 7 nitrogen and oxygen atoms in total. The number of hydrogen-bond acceptors (Lipinski definition) is 5. The molecule has 1 saturated heterocycles. The van der Waals surface area contributed by atoms with Gasteiger partial charge in [-0.1, -0.05) is 0 Å². The number of carbonyl (C=O) groups is 1. The fourth-order valence-electron chi connectivity index (χ4n) is 3.52. The predicted octanol–water partition coefficient (Wildman–Crippen LogP) is 2.66. The van der Waals surface area contributed by atoms with Gasteiger partial charge in [-0.05, 0) is 31.9 Å². The second kappa shape index (κ2) is 10.8. The zero-order valence-electron chi connectivity index (χ0n) is 16.2. The number of halogens is 2. The molecule has 0 unspecified atom stereocenters. The van der Waals surface area contributed by atoms with E-state index in [9.17, 15) is 9.18 Å². The van der Waals surface area contributed by atoms with Crippen molar-refractivity contribution in [2.24, 2.45) is 10.9 Å². The molecule has 0 aromatic heterocycles. The molecule has 0 bridgehead atoms. The summed E-state index contributed by atoms with van der Waals surface area (Å²) in [4.78, 5) is 18.4. The van der Waals surface area contributed by atoms with Gasteiger partial charge in [0.25, 0.3) is 0 Å². The number of rotatable bonds is 4. The lowest BCUT2D eigenvalue weighted by atomic mass is 9.98. The van der Waals surface area contributed by atoms with E-state index in [1.807, 2.05) is 11.8 Å². The number of esters is 1. The van der Waals surface area contributed by atoms with Crippen LogP contribution in [0.4, 0.5) is 4.39 Å². The van der Waals surface area contributed by atoms with Gasteiger partial charge in [0.1, 0.15) is 11.6 Å². The number of ether oxygens (including phenoxy) is 3. The lowest BCUT2D eigenvalue weighted by Crippen LogP contribution is -2.48. The molecule has 1 aromatic rings. The zero-order chi connectivity index (χ0) is 19.2. The monoisotopic (exact) mass is 507 g/mol. The van der Waals surface area contributed by atoms with Crippen LogP contribution < -0.4 is 10.1 Å². The standard InChI is InChI=1S/C19H26FN3O4.HI/c1-3-26-18(24)13-5-4-6-23(10-13)19(21-2)22-9-14-7-16(20)8-15-11-25-12-27-17(14)15;/h7-8,13H,3-6,9-12H2,1-2H3,(H,21,22);1H/t13-;/m1./s1. The SMILES string of the molecule is CCOC(=O)[C@@H]1CCCN(C(=NC)NCc2cc(F)cc3c2OCOC3)C1.I. The van der Waals surface area contributed by atoms with Gasteiger partial charge in [0.15, 0.2) is 12.8 Å². The van der Waals surface area contributed by atoms with Crippen LogP contribution in [0.25, 0.3) is 0 Å². The highest BCUT2D eigenvalue weighted by molar-refractivity contribution is 14.0. The molecule has 0 radical (unpaired) electrons. The van der Waals surface area contributed by atoms with Crippen molar-refractivity contribution in [3.63, 3.8) is 0 Å². The first kappa shape index (κ1) is 22.7. The third-order valence-electron chi connectivity index (χ3n) is 4.74. The van der Waals surface area contributed by atoms with Crippen molar-refractivity contribution in [1.82, 2.24) is 10.2 Å². The lowest BCUT2D eigenvalue weighted by Gasteiger charge is -2.34. The number of guanidine groups is 1. The number of nitrogens with zero attached hydrogens (tertiary/aromatic N) is 2. The van der Waals surface area contributed by atoms with Crippen LogP contribution in [0.3, 0.4) is 0 Å². The van der Waals surface area contributed by atoms with Gasteiger partial charge < -0.3 is 24.4 Å². The Kier molecular flexibility index (Phi) is 8.74. The third-order valence-corrected chi connectivity index (χ3v) is 4.74. The van der Waals surface area contributed by atoms with Crippen molar-refractivity contribution in [2.45, 2.75) is 32.9 Å². The Morgan fingerprint density at radius 3 is 3.04 bits per heavy atom. The van der Waals surface area contributed by atoms with E-state index in [-0.39, 0.29) is 48.5 Å². The Morgan fingerprint density at radius 2 is 2.29 bits per heavy atom. The highest BCUT2D eigenvalue weighted by atomic mass is 127. The molecule has 156 valence electrons. The molecule has 1 aromatic carbocycles. The normalized spacial score (nSPS) is 19.2. The summed E-state index contributed by atoms with van der Waals surface area (Å²) in [6.07, 6.45) is 1.71. The van der Waals surface area contributed by atoms with Crippen LogP contribution in [0.1, 0.15) is 30.9 Å². The summed E-state index contributed by atoms with van der Waals surface area (Å²) in [6, 6.07) is 2.89. The molecule has 2 aliphatic rings. The van der Waals surface area contributed by atoms with E-state index in [0.717, 1.165) is 19.4 Å². The van der Waals surface area contributed by atoms with Gasteiger partial charge in [0.05, 0.1) is 19.1 Å². The maximum absolute atomic E-state index is 13.9. The summed E-state index contributed by atoms with van der Waals surface area (Å²) in [5.41, 5.74) is 1.42. The average molecular weight is 507 g/mol.